The Morgan fingerprint density at radius 3 is 0.863 bits per heavy atom. The van der Waals surface area contributed by atoms with Gasteiger partial charge in [-0.1, -0.05) is 79.4 Å². The number of rotatable bonds is 9. The van der Waals surface area contributed by atoms with Gasteiger partial charge in [0.25, 0.3) is 23.6 Å². The van der Waals surface area contributed by atoms with Crippen molar-refractivity contribution in [3.8, 4) is 0 Å². The van der Waals surface area contributed by atoms with Crippen molar-refractivity contribution in [3.05, 3.63) is 222 Å². The zero-order valence-corrected chi connectivity index (χ0v) is 70.6. The molecule has 12 heterocycles. The average molecular weight is 1740 g/mol. The summed E-state index contributed by atoms with van der Waals surface area (Å²) in [5.74, 6) is -1.80. The molecule has 4 fully saturated rings. The molecule has 0 aliphatic carbocycles. The summed E-state index contributed by atoms with van der Waals surface area (Å²) < 4.78 is 167. The molecule has 0 saturated carbocycles. The second-order valence-corrected chi connectivity index (χ2v) is 33.2. The Labute approximate surface area is 710 Å². The fourth-order valence-corrected chi connectivity index (χ4v) is 18.7. The molecule has 8 aromatic rings. The summed E-state index contributed by atoms with van der Waals surface area (Å²) in [6.07, 6.45) is -10.7. The summed E-state index contributed by atoms with van der Waals surface area (Å²) >= 11 is 0. The highest BCUT2D eigenvalue weighted by Gasteiger charge is 2.44. The minimum Gasteiger partial charge on any atom is -0.371 e. The molecule has 0 spiro atoms. The second kappa shape index (κ2) is 36.9. The molecule has 23 nitrogen and oxygen atoms in total. The van der Waals surface area contributed by atoms with Crippen molar-refractivity contribution in [2.24, 2.45) is 28.2 Å². The summed E-state index contributed by atoms with van der Waals surface area (Å²) in [4.78, 5) is 102. The van der Waals surface area contributed by atoms with Crippen molar-refractivity contribution in [2.45, 2.75) is 186 Å². The molecule has 7 amide bonds. The smallest absolute Gasteiger partial charge is 0.371 e. The maximum Gasteiger partial charge on any atom is 0.416 e. The van der Waals surface area contributed by atoms with Crippen molar-refractivity contribution in [1.29, 1.82) is 0 Å². The van der Waals surface area contributed by atoms with E-state index in [0.29, 0.717) is 207 Å². The Balaban J connectivity index is 0.000000142. The van der Waals surface area contributed by atoms with E-state index < -0.39 is 47.0 Å². The highest BCUT2D eigenvalue weighted by Crippen LogP contribution is 2.45. The lowest BCUT2D eigenvalue weighted by molar-refractivity contribution is -0.139. The van der Waals surface area contributed by atoms with Crippen molar-refractivity contribution >= 4 is 41.4 Å². The second-order valence-electron chi connectivity index (χ2n) is 33.2. The third kappa shape index (κ3) is 19.6. The highest BCUT2D eigenvalue weighted by molar-refractivity contribution is 5.96. The Kier molecular flexibility index (Phi) is 26.9. The highest BCUT2D eigenvalue weighted by atomic mass is 19.4. The Hall–Kier alpha value is -11.3. The van der Waals surface area contributed by atoms with Crippen LogP contribution in [0.15, 0.2) is 109 Å². The van der Waals surface area contributed by atoms with Crippen LogP contribution in [0.1, 0.15) is 241 Å². The van der Waals surface area contributed by atoms with Crippen molar-refractivity contribution < 1.29 is 86.2 Å². The van der Waals surface area contributed by atoms with Gasteiger partial charge in [-0.3, -0.25) is 52.3 Å². The molecule has 8 aliphatic rings. The molecule has 0 radical (unpaired) electrons. The number of allylic oxidation sites excluding steroid dienone is 1. The van der Waals surface area contributed by atoms with E-state index in [1.54, 1.807) is 111 Å². The van der Waals surface area contributed by atoms with Crippen LogP contribution in [0.3, 0.4) is 0 Å². The van der Waals surface area contributed by atoms with Gasteiger partial charge in [0.1, 0.15) is 0 Å². The van der Waals surface area contributed by atoms with Gasteiger partial charge >= 0.3 is 24.7 Å². The number of likely N-dealkylation sites (tertiary alicyclic amines) is 4. The number of hydrogen-bond donors (Lipinski definition) is 0. The quantitative estimate of drug-likeness (QED) is 0.123. The summed E-state index contributed by atoms with van der Waals surface area (Å²) in [5.41, 5.74) is 8.49. The number of nitrogens with zero attached hydrogens (tertiary/aromatic N) is 16. The maximum absolute atomic E-state index is 13.4. The topological polar surface area (TPSA) is 217 Å². The van der Waals surface area contributed by atoms with Gasteiger partial charge in [-0.05, 0) is 148 Å². The van der Waals surface area contributed by atoms with Gasteiger partial charge < -0.3 is 39.2 Å². The Morgan fingerprint density at radius 2 is 0.548 bits per heavy atom. The first-order valence-corrected chi connectivity index (χ1v) is 41.8. The number of alkyl halides is 12. The summed E-state index contributed by atoms with van der Waals surface area (Å²) in [6, 6.07) is 22.8. The van der Waals surface area contributed by atoms with E-state index in [9.17, 15) is 86.2 Å². The number of fused-ring (bicyclic) bond motifs is 4. The Bertz CT molecular complexity index is 5320. The molecule has 4 aromatic heterocycles. The number of carbonyl (C=O) groups is 7. The van der Waals surface area contributed by atoms with E-state index in [-0.39, 0.29) is 65.0 Å². The number of aryl methyl sites for hydroxylation is 4. The van der Waals surface area contributed by atoms with Crippen molar-refractivity contribution in [3.63, 3.8) is 0 Å². The molecule has 35 heteroatoms. The number of amides is 7. The van der Waals surface area contributed by atoms with Crippen molar-refractivity contribution in [2.75, 3.05) is 72.0 Å². The summed E-state index contributed by atoms with van der Waals surface area (Å²) in [5, 5.41) is 17.8. The molecule has 124 heavy (non-hydrogen) atoms. The molecule has 0 unspecified atom stereocenters. The normalized spacial score (nSPS) is 17.6. The first-order valence-electron chi connectivity index (χ1n) is 41.8. The first-order chi connectivity index (χ1) is 58.7. The molecule has 0 N–H and O–H groups in total. The molecule has 0 bridgehead atoms. The predicted octanol–water partition coefficient (Wildman–Crippen LogP) is 14.8. The fourth-order valence-electron chi connectivity index (χ4n) is 18.7. The van der Waals surface area contributed by atoms with Crippen LogP contribution in [-0.2, 0) is 119 Å². The van der Waals surface area contributed by atoms with Crippen LogP contribution in [0.2, 0.25) is 0 Å². The van der Waals surface area contributed by atoms with E-state index in [1.165, 1.54) is 57.2 Å². The van der Waals surface area contributed by atoms with Crippen LogP contribution in [0.25, 0.3) is 0 Å². The number of aromatic nitrogens is 8. The van der Waals surface area contributed by atoms with Gasteiger partial charge in [0.05, 0.1) is 53.3 Å². The van der Waals surface area contributed by atoms with Crippen LogP contribution in [-0.4, -0.2) is 192 Å². The van der Waals surface area contributed by atoms with Crippen molar-refractivity contribution in [1.82, 2.24) is 78.3 Å². The molecule has 4 aromatic carbocycles. The number of halogens is 12. The van der Waals surface area contributed by atoms with Gasteiger partial charge in [0, 0.05) is 180 Å². The van der Waals surface area contributed by atoms with E-state index in [1.807, 2.05) is 14.0 Å². The molecule has 664 valence electrons. The molecule has 4 saturated heterocycles. The predicted molar refractivity (Wildman–Crippen MR) is 433 cm³/mol. The number of hydrogen-bond acceptors (Lipinski definition) is 12. The number of benzene rings is 4. The zero-order chi connectivity index (χ0) is 89.3. The summed E-state index contributed by atoms with van der Waals surface area (Å²) in [6.45, 7) is 17.9. The number of carbonyl (C=O) groups excluding carboxylic acids is 7. The Morgan fingerprint density at radius 1 is 0.298 bits per heavy atom. The summed E-state index contributed by atoms with van der Waals surface area (Å²) in [7, 11) is 7.17. The minimum absolute atomic E-state index is 0.0130. The number of piperidine rings is 4. The average Bonchev–Trinajstić information content (AvgIpc) is 1.62. The lowest BCUT2D eigenvalue weighted by atomic mass is 9.86. The molecular formula is C89H102F12N16O7. The van der Waals surface area contributed by atoms with E-state index >= 15 is 0 Å². The minimum atomic E-state index is -4.39. The SMILES string of the molecule is C=C(C)N1CCCc2c(c(C(=O)N3CCC(c4ccccc4C(F)(F)F)CC3)nn2C)C1.CC(=O)N1CCc2c(C(=O)N3CCC(c4ccccc4C(F)(F)F)CC3)nn(C)c2C1.CC(=O)N1CCc2c(c(C(=O)N3CCC(c4ccccc4C(F)(F)F)CC3)nn2C)C1.CC(=O)N1Cc2c(C(=O)N3CCC(c4ccccc4C(F)(F)F)CC3)nn(C)c2C1. The van der Waals surface area contributed by atoms with Crippen LogP contribution in [0.5, 0.6) is 0 Å². The maximum atomic E-state index is 13.4. The van der Waals surface area contributed by atoms with E-state index in [0.717, 1.165) is 94.4 Å². The molecule has 8 aliphatic heterocycles. The zero-order valence-electron chi connectivity index (χ0n) is 70.6. The standard InChI is InChI=1S/C24H29F3N4O.2C22H25F3N4O2.C21H23F3N4O2/c1-16(2)31-12-6-9-21-19(15-31)22(28-29(21)3)23(32)30-13-10-17(11-14-30)18-7-4-5-8-20(18)24(25,26)27;1-14(30)29-12-9-19-17(13-29)20(26-27(19)2)21(31)28-10-7-15(8-11-28)16-5-3-4-6-18(16)22(23,24)25;1-14(30)29-12-9-17-19(13-29)27(2)26-20(17)21(31)28-10-7-15(8-11-28)16-5-3-4-6-18(16)22(23,24)25;1-13(29)28-11-16-18(12-28)26(2)25-19(16)20(30)27-9-7-14(8-10-27)15-5-3-4-6-17(15)21(22,23)24/h4-5,7-8,17H,1,6,9-15H2,2-3H3;2*3-6,15H,7-13H2,1-2H3;3-6,14H,7-12H2,1-2H3. The van der Waals surface area contributed by atoms with Gasteiger partial charge in [0.2, 0.25) is 17.7 Å². The van der Waals surface area contributed by atoms with Gasteiger partial charge in [0.15, 0.2) is 22.8 Å². The fraction of sp³-hybridized carbons (Fsp3) is 0.494. The van der Waals surface area contributed by atoms with E-state index in [4.69, 9.17) is 0 Å². The van der Waals surface area contributed by atoms with Crippen LogP contribution >= 0.6 is 0 Å². The molecule has 0 atom stereocenters. The van der Waals surface area contributed by atoms with Gasteiger partial charge in [-0.15, -0.1) is 0 Å². The van der Waals surface area contributed by atoms with Crippen LogP contribution in [0.4, 0.5) is 52.7 Å². The largest absolute Gasteiger partial charge is 0.416 e. The van der Waals surface area contributed by atoms with Crippen LogP contribution in [0, 0.1) is 0 Å². The lowest BCUT2D eigenvalue weighted by Gasteiger charge is -2.33. The van der Waals surface area contributed by atoms with Gasteiger partial charge in [-0.2, -0.15) is 73.1 Å². The third-order valence-electron chi connectivity index (χ3n) is 25.6. The monoisotopic (exact) mass is 1730 g/mol. The molecular weight excluding hydrogens is 1630 g/mol. The third-order valence-corrected chi connectivity index (χ3v) is 25.6. The van der Waals surface area contributed by atoms with Crippen LogP contribution < -0.4 is 0 Å². The van der Waals surface area contributed by atoms with Gasteiger partial charge in [-0.25, -0.2) is 0 Å². The lowest BCUT2D eigenvalue weighted by Crippen LogP contribution is -2.40. The van der Waals surface area contributed by atoms with E-state index in [2.05, 4.69) is 31.9 Å². The molecule has 16 rings (SSSR count). The first kappa shape index (κ1) is 90.4.